The minimum Gasteiger partial charge on any atom is -0.466 e. The van der Waals surface area contributed by atoms with Gasteiger partial charge in [-0.1, -0.05) is 23.4 Å². The van der Waals surface area contributed by atoms with E-state index in [9.17, 15) is 14.0 Å². The molecule has 1 aromatic carbocycles. The summed E-state index contributed by atoms with van der Waals surface area (Å²) in [4.78, 5) is 28.6. The molecule has 2 aromatic rings. The zero-order valence-electron chi connectivity index (χ0n) is 12.6. The normalized spacial score (nSPS) is 15.4. The highest BCUT2D eigenvalue weighted by Gasteiger charge is 2.21. The number of benzene rings is 1. The number of rotatable bonds is 4. The minimum atomic E-state index is -1.88. The van der Waals surface area contributed by atoms with Crippen LogP contribution in [-0.2, 0) is 22.6 Å². The van der Waals surface area contributed by atoms with Crippen molar-refractivity contribution in [3.8, 4) is 0 Å². The molecular formula is C14H13ClFN3O3S2. The lowest BCUT2D eigenvalue weighted by Crippen LogP contribution is -2.19. The number of carbonyl (C=O) groups is 1. The SMILES string of the molecule is COC(=O)C(F)Sc1cc(Cl)ccc1N=c1sc(=O)n2n1CCC2. The molecule has 6 nitrogen and oxygen atoms in total. The molecule has 3 rings (SSSR count). The van der Waals surface area contributed by atoms with Gasteiger partial charge in [-0.15, -0.1) is 0 Å². The van der Waals surface area contributed by atoms with Crippen LogP contribution in [0, 0.1) is 0 Å². The Morgan fingerprint density at radius 1 is 1.46 bits per heavy atom. The fourth-order valence-electron chi connectivity index (χ4n) is 2.29. The number of alkyl halides is 1. The molecule has 0 amide bonds. The van der Waals surface area contributed by atoms with Crippen LogP contribution < -0.4 is 9.67 Å². The average Bonchev–Trinajstić information content (AvgIpc) is 3.14. The molecule has 128 valence electrons. The number of thioether (sulfide) groups is 1. The molecule has 0 saturated carbocycles. The Kier molecular flexibility index (Phi) is 5.12. The summed E-state index contributed by atoms with van der Waals surface area (Å²) in [5, 5.41) is 0.400. The summed E-state index contributed by atoms with van der Waals surface area (Å²) in [6, 6.07) is 4.79. The molecule has 1 unspecified atom stereocenters. The van der Waals surface area contributed by atoms with Crippen molar-refractivity contribution >= 4 is 46.4 Å². The molecule has 0 fully saturated rings. The fraction of sp³-hybridized carbons (Fsp3) is 0.357. The molecule has 0 radical (unpaired) electrons. The molecule has 1 aliphatic rings. The van der Waals surface area contributed by atoms with Crippen molar-refractivity contribution in [2.24, 2.45) is 4.99 Å². The van der Waals surface area contributed by atoms with Crippen molar-refractivity contribution in [1.82, 2.24) is 9.36 Å². The largest absolute Gasteiger partial charge is 0.466 e. The maximum atomic E-state index is 13.9. The summed E-state index contributed by atoms with van der Waals surface area (Å²) in [6.45, 7) is 1.38. The van der Waals surface area contributed by atoms with Crippen molar-refractivity contribution in [3.05, 3.63) is 37.7 Å². The van der Waals surface area contributed by atoms with Gasteiger partial charge in [0.2, 0.25) is 10.3 Å². The lowest BCUT2D eigenvalue weighted by molar-refractivity contribution is -0.142. The average molecular weight is 390 g/mol. The Hall–Kier alpha value is -1.58. The van der Waals surface area contributed by atoms with Crippen molar-refractivity contribution in [1.29, 1.82) is 0 Å². The van der Waals surface area contributed by atoms with Gasteiger partial charge < -0.3 is 4.74 Å². The summed E-state index contributed by atoms with van der Waals surface area (Å²) in [6.07, 6.45) is 0.877. The van der Waals surface area contributed by atoms with Crippen molar-refractivity contribution in [2.75, 3.05) is 7.11 Å². The van der Waals surface area contributed by atoms with E-state index in [0.717, 1.165) is 24.9 Å². The van der Waals surface area contributed by atoms with Crippen LogP contribution in [-0.4, -0.2) is 27.9 Å². The Labute approximate surface area is 149 Å². The molecule has 0 N–H and O–H groups in total. The van der Waals surface area contributed by atoms with Gasteiger partial charge in [-0.3, -0.25) is 9.48 Å². The number of ether oxygens (including phenoxy) is 1. The summed E-state index contributed by atoms with van der Waals surface area (Å²) >= 11 is 7.66. The number of methoxy groups -OCH3 is 1. The second kappa shape index (κ2) is 7.12. The van der Waals surface area contributed by atoms with Crippen molar-refractivity contribution < 1.29 is 13.9 Å². The Bertz CT molecular complexity index is 905. The molecule has 10 heteroatoms. The molecule has 1 aromatic heterocycles. The van der Waals surface area contributed by atoms with Gasteiger partial charge >= 0.3 is 10.8 Å². The first-order chi connectivity index (χ1) is 11.5. The molecule has 0 saturated heterocycles. The highest BCUT2D eigenvalue weighted by Crippen LogP contribution is 2.35. The van der Waals surface area contributed by atoms with Crippen molar-refractivity contribution in [2.45, 2.75) is 29.9 Å². The number of halogens is 2. The van der Waals surface area contributed by atoms with Crippen LogP contribution in [0.3, 0.4) is 0 Å². The van der Waals surface area contributed by atoms with E-state index in [1.165, 1.54) is 6.07 Å². The predicted molar refractivity (Wildman–Crippen MR) is 90.6 cm³/mol. The van der Waals surface area contributed by atoms with E-state index in [2.05, 4.69) is 9.73 Å². The third-order valence-electron chi connectivity index (χ3n) is 3.40. The lowest BCUT2D eigenvalue weighted by Gasteiger charge is -2.08. The van der Waals surface area contributed by atoms with E-state index in [-0.39, 0.29) is 4.87 Å². The highest BCUT2D eigenvalue weighted by molar-refractivity contribution is 8.00. The van der Waals surface area contributed by atoms with E-state index >= 15 is 0 Å². The maximum absolute atomic E-state index is 13.9. The Morgan fingerprint density at radius 3 is 2.96 bits per heavy atom. The molecular weight excluding hydrogens is 377 g/mol. The number of esters is 1. The quantitative estimate of drug-likeness (QED) is 0.595. The van der Waals surface area contributed by atoms with Gasteiger partial charge in [-0.25, -0.2) is 18.9 Å². The Balaban J connectivity index is 2.03. The summed E-state index contributed by atoms with van der Waals surface area (Å²) in [7, 11) is 1.12. The minimum absolute atomic E-state index is 0.0765. The molecule has 1 atom stereocenters. The molecule has 0 aliphatic carbocycles. The van der Waals surface area contributed by atoms with Gasteiger partial charge in [0.15, 0.2) is 0 Å². The van der Waals surface area contributed by atoms with Gasteiger partial charge in [0.1, 0.15) is 0 Å². The summed E-state index contributed by atoms with van der Waals surface area (Å²) in [5.74, 6) is -0.977. The number of carbonyl (C=O) groups excluding carboxylic acids is 1. The van der Waals surface area contributed by atoms with Crippen LogP contribution in [0.5, 0.6) is 0 Å². The molecule has 0 bridgehead atoms. The fourth-order valence-corrected chi connectivity index (χ4v) is 4.27. The first-order valence-corrected chi connectivity index (χ1v) is 9.10. The summed E-state index contributed by atoms with van der Waals surface area (Å²) in [5.41, 5.74) is -1.44. The van der Waals surface area contributed by atoms with E-state index < -0.39 is 11.5 Å². The van der Waals surface area contributed by atoms with Gasteiger partial charge in [-0.2, -0.15) is 0 Å². The number of nitrogens with zero attached hydrogens (tertiary/aromatic N) is 3. The molecule has 0 spiro atoms. The number of fused-ring (bicyclic) bond motifs is 1. The summed E-state index contributed by atoms with van der Waals surface area (Å²) < 4.78 is 21.7. The topological polar surface area (TPSA) is 65.6 Å². The first kappa shape index (κ1) is 17.2. The standard InChI is InChI=1S/C14H13ClFN3O3S2/c1-22-12(20)11(16)23-10-7-8(15)3-4-9(10)17-13-18-5-2-6-19(18)14(21)24-13/h3-4,7,11H,2,5-6H2,1H3. The smallest absolute Gasteiger partial charge is 0.351 e. The van der Waals surface area contributed by atoms with Crippen LogP contribution in [0.15, 0.2) is 32.9 Å². The molecule has 2 heterocycles. The van der Waals surface area contributed by atoms with Crippen LogP contribution >= 0.6 is 34.7 Å². The van der Waals surface area contributed by atoms with E-state index in [4.69, 9.17) is 11.6 Å². The van der Waals surface area contributed by atoms with Gasteiger partial charge in [0.05, 0.1) is 12.8 Å². The lowest BCUT2D eigenvalue weighted by atomic mass is 10.3. The van der Waals surface area contributed by atoms with E-state index in [1.807, 2.05) is 4.68 Å². The highest BCUT2D eigenvalue weighted by atomic mass is 35.5. The molecule has 24 heavy (non-hydrogen) atoms. The Morgan fingerprint density at radius 2 is 2.21 bits per heavy atom. The monoisotopic (exact) mass is 389 g/mol. The van der Waals surface area contributed by atoms with Crippen LogP contribution in [0.2, 0.25) is 5.02 Å². The van der Waals surface area contributed by atoms with Gasteiger partial charge in [0, 0.05) is 23.0 Å². The van der Waals surface area contributed by atoms with Gasteiger partial charge in [0.25, 0.3) is 0 Å². The third kappa shape index (κ3) is 3.42. The maximum Gasteiger partial charge on any atom is 0.351 e. The number of hydrogen-bond acceptors (Lipinski definition) is 6. The van der Waals surface area contributed by atoms with Crippen LogP contribution in [0.4, 0.5) is 10.1 Å². The zero-order chi connectivity index (χ0) is 17.3. The van der Waals surface area contributed by atoms with E-state index in [0.29, 0.717) is 45.3 Å². The van der Waals surface area contributed by atoms with Gasteiger partial charge in [-0.05, 0) is 36.0 Å². The van der Waals surface area contributed by atoms with Crippen molar-refractivity contribution in [3.63, 3.8) is 0 Å². The third-order valence-corrected chi connectivity index (χ3v) is 5.48. The predicted octanol–water partition coefficient (Wildman–Crippen LogP) is 2.56. The second-order valence-electron chi connectivity index (χ2n) is 4.93. The number of aromatic nitrogens is 2. The van der Waals surface area contributed by atoms with E-state index in [1.54, 1.807) is 16.8 Å². The van der Waals surface area contributed by atoms with Crippen LogP contribution in [0.1, 0.15) is 6.42 Å². The van der Waals surface area contributed by atoms with Crippen LogP contribution in [0.25, 0.3) is 0 Å². The first-order valence-electron chi connectivity index (χ1n) is 7.03. The zero-order valence-corrected chi connectivity index (χ0v) is 15.0. The molecule has 1 aliphatic heterocycles. The second-order valence-corrected chi connectivity index (χ2v) is 7.38. The number of hydrogen-bond donors (Lipinski definition) is 0.